The van der Waals surface area contributed by atoms with E-state index in [1.165, 1.54) is 10.7 Å². The van der Waals surface area contributed by atoms with E-state index in [0.717, 1.165) is 42.6 Å². The number of sulfonamides is 1. The van der Waals surface area contributed by atoms with Gasteiger partial charge in [-0.1, -0.05) is 13.3 Å². The van der Waals surface area contributed by atoms with Crippen molar-refractivity contribution in [2.45, 2.75) is 63.6 Å². The third kappa shape index (κ3) is 3.26. The average Bonchev–Trinajstić information content (AvgIpc) is 2.92. The lowest BCUT2D eigenvalue weighted by atomic mass is 9.66. The van der Waals surface area contributed by atoms with Crippen molar-refractivity contribution in [1.29, 1.82) is 0 Å². The molecular formula is C18H27FN6O2S. The Hall–Kier alpha value is -1.81. The summed E-state index contributed by atoms with van der Waals surface area (Å²) in [4.78, 5) is 9.13. The van der Waals surface area contributed by atoms with E-state index in [0.29, 0.717) is 12.4 Å². The maximum atomic E-state index is 14.6. The Morgan fingerprint density at radius 1 is 1.39 bits per heavy atom. The molecule has 0 unspecified atom stereocenters. The van der Waals surface area contributed by atoms with Crippen LogP contribution < -0.4 is 5.32 Å². The monoisotopic (exact) mass is 410 g/mol. The molecule has 1 aliphatic carbocycles. The lowest BCUT2D eigenvalue weighted by Crippen LogP contribution is -2.49. The predicted octanol–water partition coefficient (Wildman–Crippen LogP) is 2.05. The summed E-state index contributed by atoms with van der Waals surface area (Å²) in [6, 6.07) is -0.521. The lowest BCUT2D eigenvalue weighted by molar-refractivity contribution is 0.186. The molecule has 1 saturated heterocycles. The first-order valence-electron chi connectivity index (χ1n) is 9.82. The predicted molar refractivity (Wildman–Crippen MR) is 105 cm³/mol. The zero-order valence-corrected chi connectivity index (χ0v) is 17.3. The summed E-state index contributed by atoms with van der Waals surface area (Å²) in [5.41, 5.74) is 1.82. The van der Waals surface area contributed by atoms with Gasteiger partial charge in [0.05, 0.1) is 24.2 Å². The van der Waals surface area contributed by atoms with Crippen LogP contribution in [0.25, 0.3) is 5.52 Å². The number of anilines is 1. The van der Waals surface area contributed by atoms with Crippen LogP contribution >= 0.6 is 0 Å². The second-order valence-electron chi connectivity index (χ2n) is 8.06. The molecule has 2 atom stereocenters. The molecule has 28 heavy (non-hydrogen) atoms. The van der Waals surface area contributed by atoms with Gasteiger partial charge < -0.3 is 5.32 Å². The fourth-order valence-electron chi connectivity index (χ4n) is 4.28. The second-order valence-corrected chi connectivity index (χ2v) is 10.0. The first-order chi connectivity index (χ1) is 13.2. The summed E-state index contributed by atoms with van der Waals surface area (Å²) in [5.74, 6) is 1.31. The van der Waals surface area contributed by atoms with Gasteiger partial charge in [-0.3, -0.25) is 0 Å². The molecule has 1 N–H and O–H groups in total. The van der Waals surface area contributed by atoms with Crippen molar-refractivity contribution in [3.63, 3.8) is 0 Å². The third-order valence-electron chi connectivity index (χ3n) is 6.33. The molecule has 0 spiro atoms. The zero-order valence-electron chi connectivity index (χ0n) is 16.5. The number of aromatic nitrogens is 4. The number of hydrogen-bond acceptors (Lipinski definition) is 6. The maximum Gasteiger partial charge on any atom is 0.241 e. The minimum absolute atomic E-state index is 0.0618. The lowest BCUT2D eigenvalue weighted by Gasteiger charge is -2.39. The zero-order chi connectivity index (χ0) is 20.1. The van der Waals surface area contributed by atoms with Gasteiger partial charge in [-0.25, -0.2) is 27.3 Å². The Labute approximate surface area is 164 Å². The highest BCUT2D eigenvalue weighted by Crippen LogP contribution is 2.45. The van der Waals surface area contributed by atoms with Crippen molar-refractivity contribution >= 4 is 21.5 Å². The molecule has 154 valence electrons. The number of alkyl halides is 1. The van der Waals surface area contributed by atoms with Crippen molar-refractivity contribution in [2.24, 2.45) is 0 Å². The van der Waals surface area contributed by atoms with E-state index >= 15 is 0 Å². The fraction of sp³-hybridized carbons (Fsp3) is 0.722. The van der Waals surface area contributed by atoms with Crippen LogP contribution in [0.15, 0.2) is 6.20 Å². The third-order valence-corrected chi connectivity index (χ3v) is 7.60. The van der Waals surface area contributed by atoms with Crippen LogP contribution in [0.4, 0.5) is 10.3 Å². The highest BCUT2D eigenvalue weighted by molar-refractivity contribution is 7.88. The van der Waals surface area contributed by atoms with Gasteiger partial charge in [-0.2, -0.15) is 4.31 Å². The second kappa shape index (κ2) is 6.91. The number of nitrogens with one attached hydrogen (secondary N) is 1. The summed E-state index contributed by atoms with van der Waals surface area (Å²) in [5, 5.41) is 7.69. The summed E-state index contributed by atoms with van der Waals surface area (Å²) in [6.07, 6.45) is 6.29. The van der Waals surface area contributed by atoms with Crippen molar-refractivity contribution in [3.8, 4) is 0 Å². The SMILES string of the molecule is CCC1(c2nc(C)c3cnc(N[C@@H]4CCN(S(C)(=O)=O)C[C@H]4F)nn23)CCC1. The Morgan fingerprint density at radius 2 is 2.14 bits per heavy atom. The number of fused-ring (bicyclic) bond motifs is 1. The highest BCUT2D eigenvalue weighted by atomic mass is 32.2. The molecule has 2 aliphatic rings. The highest BCUT2D eigenvalue weighted by Gasteiger charge is 2.41. The van der Waals surface area contributed by atoms with Crippen molar-refractivity contribution in [2.75, 3.05) is 24.7 Å². The Bertz CT molecular complexity index is 982. The van der Waals surface area contributed by atoms with E-state index in [1.54, 1.807) is 6.20 Å². The van der Waals surface area contributed by atoms with E-state index in [2.05, 4.69) is 22.3 Å². The molecule has 8 nitrogen and oxygen atoms in total. The molecule has 2 aromatic rings. The first-order valence-corrected chi connectivity index (χ1v) is 11.7. The van der Waals surface area contributed by atoms with Gasteiger partial charge >= 0.3 is 0 Å². The number of aryl methyl sites for hydroxylation is 1. The number of nitrogens with zero attached hydrogens (tertiary/aromatic N) is 5. The van der Waals surface area contributed by atoms with Gasteiger partial charge in [0.1, 0.15) is 17.5 Å². The van der Waals surface area contributed by atoms with Crippen LogP contribution in [0, 0.1) is 6.92 Å². The maximum absolute atomic E-state index is 14.6. The van der Waals surface area contributed by atoms with Crippen LogP contribution in [0.5, 0.6) is 0 Å². The van der Waals surface area contributed by atoms with Crippen molar-refractivity contribution < 1.29 is 12.8 Å². The summed E-state index contributed by atoms with van der Waals surface area (Å²) < 4.78 is 40.9. The van der Waals surface area contributed by atoms with E-state index in [-0.39, 0.29) is 18.5 Å². The Kier molecular flexibility index (Phi) is 4.81. The molecule has 0 amide bonds. The number of halogens is 1. The molecule has 0 radical (unpaired) electrons. The largest absolute Gasteiger partial charge is 0.347 e. The number of hydrogen-bond donors (Lipinski definition) is 1. The molecule has 3 heterocycles. The molecule has 2 fully saturated rings. The quantitative estimate of drug-likeness (QED) is 0.811. The van der Waals surface area contributed by atoms with Crippen molar-refractivity contribution in [3.05, 3.63) is 17.7 Å². The van der Waals surface area contributed by atoms with Crippen LogP contribution in [0.3, 0.4) is 0 Å². The average molecular weight is 411 g/mol. The van der Waals surface area contributed by atoms with E-state index in [1.807, 2.05) is 11.4 Å². The normalized spacial score (nSPS) is 25.6. The molecule has 0 aromatic carbocycles. The van der Waals surface area contributed by atoms with E-state index in [9.17, 15) is 12.8 Å². The van der Waals surface area contributed by atoms with Gasteiger partial charge in [-0.05, 0) is 32.6 Å². The first kappa shape index (κ1) is 19.5. The molecule has 1 saturated carbocycles. The minimum atomic E-state index is -3.38. The molecular weight excluding hydrogens is 383 g/mol. The van der Waals surface area contributed by atoms with Gasteiger partial charge in [0, 0.05) is 18.5 Å². The van der Waals surface area contributed by atoms with Gasteiger partial charge in [0.2, 0.25) is 16.0 Å². The Balaban J connectivity index is 1.59. The molecule has 2 aromatic heterocycles. The van der Waals surface area contributed by atoms with E-state index < -0.39 is 22.2 Å². The van der Waals surface area contributed by atoms with Gasteiger partial charge in [0.25, 0.3) is 0 Å². The number of imidazole rings is 1. The standard InChI is InChI=1S/C18H27FN6O2S/c1-4-18(7-5-8-18)16-21-12(2)15-10-20-17(23-25(15)16)22-14-6-9-24(11-13(14)19)28(3,26)27/h10,13-14H,4-9,11H2,1-3H3,(H,22,23)/t13-,14-/m1/s1. The van der Waals surface area contributed by atoms with Crippen LogP contribution in [-0.4, -0.2) is 63.9 Å². The fourth-order valence-corrected chi connectivity index (χ4v) is 5.13. The van der Waals surface area contributed by atoms with Gasteiger partial charge in [0.15, 0.2) is 0 Å². The Morgan fingerprint density at radius 3 is 2.71 bits per heavy atom. The summed E-state index contributed by atoms with van der Waals surface area (Å²) in [7, 11) is -3.38. The molecule has 10 heteroatoms. The number of piperidine rings is 1. The van der Waals surface area contributed by atoms with Crippen LogP contribution in [-0.2, 0) is 15.4 Å². The molecule has 1 aliphatic heterocycles. The van der Waals surface area contributed by atoms with Crippen molar-refractivity contribution in [1.82, 2.24) is 23.9 Å². The molecule has 0 bridgehead atoms. The smallest absolute Gasteiger partial charge is 0.241 e. The van der Waals surface area contributed by atoms with Gasteiger partial charge in [-0.15, -0.1) is 5.10 Å². The number of rotatable bonds is 5. The van der Waals surface area contributed by atoms with E-state index in [4.69, 9.17) is 4.98 Å². The van der Waals surface area contributed by atoms with Crippen LogP contribution in [0.1, 0.15) is 50.5 Å². The van der Waals surface area contributed by atoms with Crippen LogP contribution in [0.2, 0.25) is 0 Å². The topological polar surface area (TPSA) is 92.5 Å². The molecule has 4 rings (SSSR count). The summed E-state index contributed by atoms with van der Waals surface area (Å²) >= 11 is 0. The summed E-state index contributed by atoms with van der Waals surface area (Å²) in [6.45, 7) is 4.27. The minimum Gasteiger partial charge on any atom is -0.347 e.